The molecule has 0 saturated carbocycles. The fraction of sp³-hybridized carbons (Fsp3) is 0.344. The van der Waals surface area contributed by atoms with E-state index in [1.54, 1.807) is 18.3 Å². The summed E-state index contributed by atoms with van der Waals surface area (Å²) >= 11 is -0.694. The SMILES string of the molecule is CCN1CCN(CC(=O)[As]c2cc(Oc3cccc(/C=C/C(=O)Nc4cccc(C(C)(C)C)c4)c3)ccn2)CC1. The number of nitrogens with zero attached hydrogens (tertiary/aromatic N) is 3. The number of benzene rings is 2. The summed E-state index contributed by atoms with van der Waals surface area (Å²) in [5.74, 6) is 1.09. The molecule has 0 bridgehead atoms. The third-order valence-electron chi connectivity index (χ3n) is 6.74. The van der Waals surface area contributed by atoms with E-state index in [0.29, 0.717) is 18.0 Å². The van der Waals surface area contributed by atoms with Gasteiger partial charge in [0.2, 0.25) is 0 Å². The average Bonchev–Trinajstić information content (AvgIpc) is 2.92. The molecule has 3 aromatic rings. The van der Waals surface area contributed by atoms with E-state index in [1.165, 1.54) is 6.08 Å². The van der Waals surface area contributed by atoms with Crippen LogP contribution in [0, 0.1) is 0 Å². The van der Waals surface area contributed by atoms with E-state index in [4.69, 9.17) is 4.74 Å². The molecular formula is C32H38AsN4O3. The Kier molecular flexibility index (Phi) is 10.3. The van der Waals surface area contributed by atoms with E-state index < -0.39 is 15.8 Å². The molecule has 2 heterocycles. The summed E-state index contributed by atoms with van der Waals surface area (Å²) in [6.07, 6.45) is 4.97. The number of hydrogen-bond donors (Lipinski definition) is 1. The first-order valence-corrected chi connectivity index (χ1v) is 15.6. The van der Waals surface area contributed by atoms with Crippen LogP contribution in [-0.4, -0.2) is 80.3 Å². The third kappa shape index (κ3) is 9.16. The van der Waals surface area contributed by atoms with Crippen LogP contribution in [0.4, 0.5) is 5.69 Å². The first-order chi connectivity index (χ1) is 19.2. The number of aromatic nitrogens is 1. The van der Waals surface area contributed by atoms with Gasteiger partial charge in [0, 0.05) is 0 Å². The number of anilines is 1. The van der Waals surface area contributed by atoms with Crippen molar-refractivity contribution in [2.24, 2.45) is 0 Å². The van der Waals surface area contributed by atoms with E-state index in [0.717, 1.165) is 54.0 Å². The number of pyridine rings is 1. The van der Waals surface area contributed by atoms with E-state index in [9.17, 15) is 9.59 Å². The minimum atomic E-state index is -0.694. The maximum absolute atomic E-state index is 12.7. The number of rotatable bonds is 10. The van der Waals surface area contributed by atoms with Gasteiger partial charge in [0.05, 0.1) is 0 Å². The van der Waals surface area contributed by atoms with Crippen molar-refractivity contribution in [1.29, 1.82) is 0 Å². The van der Waals surface area contributed by atoms with Gasteiger partial charge in [0.25, 0.3) is 0 Å². The monoisotopic (exact) mass is 601 g/mol. The Balaban J connectivity index is 1.31. The molecule has 8 heteroatoms. The molecule has 1 N–H and O–H groups in total. The van der Waals surface area contributed by atoms with Crippen molar-refractivity contribution in [3.63, 3.8) is 0 Å². The van der Waals surface area contributed by atoms with Gasteiger partial charge < -0.3 is 0 Å². The van der Waals surface area contributed by atoms with Crippen LogP contribution in [0.5, 0.6) is 11.5 Å². The summed E-state index contributed by atoms with van der Waals surface area (Å²) in [6, 6.07) is 19.1. The van der Waals surface area contributed by atoms with Crippen molar-refractivity contribution in [2.75, 3.05) is 44.6 Å². The number of piperazine rings is 1. The Hall–Kier alpha value is -3.25. The van der Waals surface area contributed by atoms with Crippen molar-refractivity contribution in [3.8, 4) is 11.5 Å². The predicted octanol–water partition coefficient (Wildman–Crippen LogP) is 4.32. The van der Waals surface area contributed by atoms with E-state index in [-0.39, 0.29) is 15.9 Å². The number of nitrogens with one attached hydrogen (secondary N) is 1. The fourth-order valence-electron chi connectivity index (χ4n) is 4.38. The summed E-state index contributed by atoms with van der Waals surface area (Å²) < 4.78 is 7.11. The second-order valence-corrected chi connectivity index (χ2v) is 13.4. The van der Waals surface area contributed by atoms with E-state index in [1.807, 2.05) is 48.5 Å². The van der Waals surface area contributed by atoms with Crippen LogP contribution in [0.15, 0.2) is 72.9 Å². The van der Waals surface area contributed by atoms with Crippen molar-refractivity contribution in [3.05, 3.63) is 84.1 Å². The summed E-state index contributed by atoms with van der Waals surface area (Å²) in [4.78, 5) is 34.3. The summed E-state index contributed by atoms with van der Waals surface area (Å²) in [5.41, 5.74) is 2.78. The van der Waals surface area contributed by atoms with Gasteiger partial charge in [-0.25, -0.2) is 0 Å². The molecule has 1 aliphatic heterocycles. The molecule has 7 nitrogen and oxygen atoms in total. The first-order valence-electron chi connectivity index (χ1n) is 13.7. The van der Waals surface area contributed by atoms with Gasteiger partial charge in [0.1, 0.15) is 0 Å². The van der Waals surface area contributed by atoms with Gasteiger partial charge in [-0.3, -0.25) is 0 Å². The predicted molar refractivity (Wildman–Crippen MR) is 163 cm³/mol. The van der Waals surface area contributed by atoms with Gasteiger partial charge in [-0.2, -0.15) is 0 Å². The molecule has 209 valence electrons. The molecule has 1 aliphatic rings. The van der Waals surface area contributed by atoms with Crippen molar-refractivity contribution in [1.82, 2.24) is 14.8 Å². The summed E-state index contributed by atoms with van der Waals surface area (Å²) in [7, 11) is 0. The zero-order chi connectivity index (χ0) is 28.5. The van der Waals surface area contributed by atoms with Gasteiger partial charge in [-0.05, 0) is 23.1 Å². The number of ether oxygens (including phenoxy) is 1. The molecule has 1 aromatic heterocycles. The zero-order valence-electron chi connectivity index (χ0n) is 23.8. The van der Waals surface area contributed by atoms with Crippen LogP contribution >= 0.6 is 0 Å². The number of likely N-dealkylation sites (N-methyl/N-ethyl adjacent to an activating group) is 1. The van der Waals surface area contributed by atoms with Crippen LogP contribution in [-0.2, 0) is 15.0 Å². The quantitative estimate of drug-likeness (QED) is 0.276. The number of amides is 1. The van der Waals surface area contributed by atoms with Crippen LogP contribution in [0.25, 0.3) is 6.08 Å². The molecule has 1 saturated heterocycles. The van der Waals surface area contributed by atoms with Gasteiger partial charge >= 0.3 is 189 Å². The second kappa shape index (κ2) is 13.9. The number of carbonyl (C=O) groups is 2. The molecule has 0 aliphatic carbocycles. The molecule has 0 spiro atoms. The van der Waals surface area contributed by atoms with Gasteiger partial charge in [-0.15, -0.1) is 0 Å². The minimum absolute atomic E-state index is 0.00779. The van der Waals surface area contributed by atoms with Gasteiger partial charge in [-0.1, -0.05) is 32.9 Å². The van der Waals surface area contributed by atoms with Crippen LogP contribution < -0.4 is 14.5 Å². The van der Waals surface area contributed by atoms with Gasteiger partial charge in [0.15, 0.2) is 0 Å². The molecule has 4 rings (SSSR count). The second-order valence-electron chi connectivity index (χ2n) is 10.9. The van der Waals surface area contributed by atoms with Crippen LogP contribution in [0.2, 0.25) is 0 Å². The molecule has 0 unspecified atom stereocenters. The Bertz CT molecular complexity index is 1340. The zero-order valence-corrected chi connectivity index (χ0v) is 25.6. The molecule has 0 atom stereocenters. The van der Waals surface area contributed by atoms with Crippen molar-refractivity contribution >= 4 is 42.5 Å². The standard InChI is InChI=1S/C32H38AsN4O3/c1-5-36-16-18-37(19-17-36)23-30(38)33-29-22-28(14-15-34-29)40-27-11-6-8-24(20-27)12-13-31(39)35-26-10-7-9-25(21-26)32(2,3)4/h6-15,20-22H,5,16-19,23H2,1-4H3,(H,35,39)/b13-12+. The number of hydrogen-bond acceptors (Lipinski definition) is 6. The molecule has 2 aromatic carbocycles. The maximum atomic E-state index is 12.7. The Labute approximate surface area is 244 Å². The molecule has 1 amide bonds. The normalized spacial score (nSPS) is 15.1. The molecule has 1 fully saturated rings. The Morgan fingerprint density at radius 1 is 0.975 bits per heavy atom. The molecular weight excluding hydrogens is 563 g/mol. The van der Waals surface area contributed by atoms with E-state index in [2.05, 4.69) is 53.9 Å². The van der Waals surface area contributed by atoms with Crippen molar-refractivity contribution < 1.29 is 14.3 Å². The molecule has 1 radical (unpaired) electrons. The third-order valence-corrected chi connectivity index (χ3v) is 8.56. The number of carbonyl (C=O) groups excluding carboxylic acids is 2. The summed E-state index contributed by atoms with van der Waals surface area (Å²) in [6.45, 7) is 14.1. The van der Waals surface area contributed by atoms with E-state index >= 15 is 0 Å². The van der Waals surface area contributed by atoms with Crippen molar-refractivity contribution in [2.45, 2.75) is 33.1 Å². The first kappa shape index (κ1) is 29.7. The average molecular weight is 602 g/mol. The Morgan fingerprint density at radius 2 is 1.70 bits per heavy atom. The molecule has 40 heavy (non-hydrogen) atoms. The Morgan fingerprint density at radius 3 is 2.45 bits per heavy atom. The van der Waals surface area contributed by atoms with Crippen LogP contribution in [0.3, 0.4) is 0 Å². The summed E-state index contributed by atoms with van der Waals surface area (Å²) in [5, 5.41) is 2.94. The van der Waals surface area contributed by atoms with Crippen LogP contribution in [0.1, 0.15) is 38.8 Å². The fourth-order valence-corrected chi connectivity index (χ4v) is 6.15. The topological polar surface area (TPSA) is 74.8 Å².